The molecule has 1 heterocycles. The van der Waals surface area contributed by atoms with Crippen molar-refractivity contribution >= 4 is 60.8 Å². The van der Waals surface area contributed by atoms with Crippen LogP contribution in [0.25, 0.3) is 0 Å². The highest BCUT2D eigenvalue weighted by Crippen LogP contribution is 1.91. The minimum atomic E-state index is 0.365. The summed E-state index contributed by atoms with van der Waals surface area (Å²) in [6, 6.07) is 2.03. The van der Waals surface area contributed by atoms with Crippen LogP contribution >= 0.6 is 33.5 Å². The highest BCUT2D eigenvalue weighted by Gasteiger charge is 2.02. The Morgan fingerprint density at radius 2 is 2.11 bits per heavy atom. The lowest BCUT2D eigenvalue weighted by Crippen LogP contribution is -2.26. The van der Waals surface area contributed by atoms with E-state index >= 15 is 0 Å². The molecule has 0 aliphatic heterocycles. The van der Waals surface area contributed by atoms with E-state index in [4.69, 9.17) is 22.2 Å². The summed E-state index contributed by atoms with van der Waals surface area (Å²) in [4.78, 5) is 0. The van der Waals surface area contributed by atoms with Crippen molar-refractivity contribution in [2.45, 2.75) is 0 Å². The lowest BCUT2D eigenvalue weighted by Gasteiger charge is -1.87. The zero-order valence-corrected chi connectivity index (χ0v) is 8.65. The summed E-state index contributed by atoms with van der Waals surface area (Å²) in [5.74, 6) is 0. The fourth-order valence-electron chi connectivity index (χ4n) is 0.457. The maximum atomic E-state index is 5.64. The van der Waals surface area contributed by atoms with Crippen molar-refractivity contribution in [1.82, 2.24) is 0 Å². The van der Waals surface area contributed by atoms with Gasteiger partial charge in [-0.3, -0.25) is 0 Å². The first-order chi connectivity index (χ1) is 4.38. The summed E-state index contributed by atoms with van der Waals surface area (Å²) in [6.45, 7) is 0. The summed E-state index contributed by atoms with van der Waals surface area (Å²) >= 11 is 12.9. The minimum Gasteiger partial charge on any atom is -0.165 e. The second-order valence-corrected chi connectivity index (χ2v) is 5.18. The van der Waals surface area contributed by atoms with Gasteiger partial charge in [0.1, 0.15) is 0 Å². The van der Waals surface area contributed by atoms with Crippen LogP contribution < -0.4 is 9.69 Å². The number of thiophene rings is 1. The van der Waals surface area contributed by atoms with Crippen LogP contribution in [-0.4, -0.2) is 17.7 Å². The fourth-order valence-corrected chi connectivity index (χ4v) is 4.44. The van der Waals surface area contributed by atoms with Gasteiger partial charge < -0.3 is 0 Å². The molecule has 0 aromatic carbocycles. The molecule has 0 aliphatic carbocycles. The van der Waals surface area contributed by atoms with Crippen LogP contribution in [0.1, 0.15) is 0 Å². The molecule has 1 rings (SSSR count). The number of rotatable bonds is 2. The Balaban J connectivity index is 2.85. The lowest BCUT2D eigenvalue weighted by atomic mass is 10.7. The van der Waals surface area contributed by atoms with Crippen LogP contribution in [0.5, 0.6) is 0 Å². The summed E-state index contributed by atoms with van der Waals surface area (Å²) in [7, 11) is 0.739. The summed E-state index contributed by atoms with van der Waals surface area (Å²) in [5.41, 5.74) is 0. The van der Waals surface area contributed by atoms with Gasteiger partial charge in [0.25, 0.3) is 0 Å². The maximum Gasteiger partial charge on any atom is 0.222 e. The van der Waals surface area contributed by atoms with E-state index in [0.717, 1.165) is 0 Å². The molecule has 0 nitrogen and oxygen atoms in total. The van der Waals surface area contributed by atoms with Crippen molar-refractivity contribution < 1.29 is 0 Å². The Morgan fingerprint density at radius 3 is 2.56 bits per heavy atom. The van der Waals surface area contributed by atoms with Crippen molar-refractivity contribution in [1.29, 1.82) is 0 Å². The summed E-state index contributed by atoms with van der Waals surface area (Å²) in [5, 5.41) is 3.23. The molecule has 0 unspecified atom stereocenters. The van der Waals surface area contributed by atoms with Gasteiger partial charge in [-0.15, -0.1) is 0 Å². The molecule has 1 aromatic heterocycles. The SMILES string of the molecule is Cl[Si]c1ccsc1[Si]Cl. The van der Waals surface area contributed by atoms with Crippen molar-refractivity contribution in [2.75, 3.05) is 0 Å². The summed E-state index contributed by atoms with van der Waals surface area (Å²) < 4.78 is 1.23. The molecule has 1 aromatic rings. The van der Waals surface area contributed by atoms with Gasteiger partial charge >= 0.3 is 0 Å². The Kier molecular flexibility index (Phi) is 3.28. The molecular weight excluding hydrogens is 207 g/mol. The third kappa shape index (κ3) is 1.81. The largest absolute Gasteiger partial charge is 0.222 e. The van der Waals surface area contributed by atoms with Gasteiger partial charge in [0, 0.05) is 4.50 Å². The molecule has 0 aliphatic rings. The van der Waals surface area contributed by atoms with E-state index in [2.05, 4.69) is 0 Å². The molecule has 0 N–H and O–H groups in total. The molecule has 0 saturated heterocycles. The Morgan fingerprint density at radius 1 is 1.33 bits per heavy atom. The average Bonchev–Trinajstić information content (AvgIpc) is 2.33. The Hall–Kier alpha value is 0.714. The van der Waals surface area contributed by atoms with E-state index in [0.29, 0.717) is 17.7 Å². The zero-order chi connectivity index (χ0) is 6.69. The van der Waals surface area contributed by atoms with Crippen LogP contribution in [0, 0.1) is 0 Å². The summed E-state index contributed by atoms with van der Waals surface area (Å²) in [6.07, 6.45) is 0. The third-order valence-corrected chi connectivity index (χ3v) is 5.25. The molecule has 9 heavy (non-hydrogen) atoms. The highest BCUT2D eigenvalue weighted by molar-refractivity contribution is 7.29. The molecule has 5 heteroatoms. The quantitative estimate of drug-likeness (QED) is 0.497. The average molecular weight is 209 g/mol. The number of hydrogen-bond acceptors (Lipinski definition) is 1. The van der Waals surface area contributed by atoms with Gasteiger partial charge in [-0.1, -0.05) is 6.07 Å². The van der Waals surface area contributed by atoms with E-state index in [-0.39, 0.29) is 0 Å². The van der Waals surface area contributed by atoms with E-state index in [1.165, 1.54) is 9.69 Å². The fraction of sp³-hybridized carbons (Fsp3) is 0. The van der Waals surface area contributed by atoms with Gasteiger partial charge in [-0.2, -0.15) is 33.5 Å². The Labute approximate surface area is 72.2 Å². The molecule has 0 spiro atoms. The van der Waals surface area contributed by atoms with E-state index in [1.807, 2.05) is 11.4 Å². The Bertz CT molecular complexity index is 170. The number of hydrogen-bond donors (Lipinski definition) is 0. The van der Waals surface area contributed by atoms with E-state index in [1.54, 1.807) is 11.3 Å². The normalized spacial score (nSPS) is 10.0. The van der Waals surface area contributed by atoms with Gasteiger partial charge in [0.05, 0.1) is 0 Å². The van der Waals surface area contributed by atoms with Crippen LogP contribution in [0.15, 0.2) is 11.4 Å². The lowest BCUT2D eigenvalue weighted by molar-refractivity contribution is 2.18. The van der Waals surface area contributed by atoms with Crippen molar-refractivity contribution in [3.05, 3.63) is 11.4 Å². The third-order valence-electron chi connectivity index (χ3n) is 0.853. The molecule has 4 radical (unpaired) electrons. The van der Waals surface area contributed by atoms with Gasteiger partial charge in [0.2, 0.25) is 17.7 Å². The second kappa shape index (κ2) is 3.78. The molecule has 0 fully saturated rings. The van der Waals surface area contributed by atoms with Crippen LogP contribution in [0.2, 0.25) is 0 Å². The molecule has 0 atom stereocenters. The zero-order valence-electron chi connectivity index (χ0n) is 4.32. The van der Waals surface area contributed by atoms with Crippen molar-refractivity contribution in [2.24, 2.45) is 0 Å². The molecule has 0 amide bonds. The molecule has 0 bridgehead atoms. The van der Waals surface area contributed by atoms with Crippen molar-refractivity contribution in [3.8, 4) is 0 Å². The first-order valence-electron chi connectivity index (χ1n) is 2.19. The predicted octanol–water partition coefficient (Wildman–Crippen LogP) is 0.715. The first kappa shape index (κ1) is 7.82. The monoisotopic (exact) mass is 208 g/mol. The molecule has 46 valence electrons. The maximum absolute atomic E-state index is 5.64. The smallest absolute Gasteiger partial charge is 0.165 e. The minimum absolute atomic E-state index is 0.365. The van der Waals surface area contributed by atoms with Gasteiger partial charge in [0.15, 0.2) is 0 Å². The molecular formula is C4H2Cl2SSi2. The highest BCUT2D eigenvalue weighted by atomic mass is 35.6. The molecule has 0 saturated carbocycles. The van der Waals surface area contributed by atoms with Crippen molar-refractivity contribution in [3.63, 3.8) is 0 Å². The first-order valence-corrected chi connectivity index (χ1v) is 7.09. The standard InChI is InChI=1S/C4H2Cl2SSi2/c5-8-3-1-2-7-4(3)9-6/h1-2H. The van der Waals surface area contributed by atoms with Crippen LogP contribution in [-0.2, 0) is 0 Å². The predicted molar refractivity (Wildman–Crippen MR) is 46.8 cm³/mol. The van der Waals surface area contributed by atoms with Gasteiger partial charge in [-0.05, 0) is 10.6 Å². The van der Waals surface area contributed by atoms with Crippen LogP contribution in [0.3, 0.4) is 0 Å². The van der Waals surface area contributed by atoms with Crippen LogP contribution in [0.4, 0.5) is 0 Å². The van der Waals surface area contributed by atoms with Gasteiger partial charge in [-0.25, -0.2) is 0 Å². The van der Waals surface area contributed by atoms with E-state index in [9.17, 15) is 0 Å². The topological polar surface area (TPSA) is 0 Å². The van der Waals surface area contributed by atoms with E-state index < -0.39 is 0 Å². The number of halogens is 2. The second-order valence-electron chi connectivity index (χ2n) is 1.35.